The minimum Gasteiger partial charge on any atom is -0.445 e. The van der Waals surface area contributed by atoms with Gasteiger partial charge in [0.05, 0.1) is 6.54 Å². The van der Waals surface area contributed by atoms with Crippen molar-refractivity contribution in [3.05, 3.63) is 12.2 Å². The minimum absolute atomic E-state index is 0.257. The molecule has 0 aromatic carbocycles. The van der Waals surface area contributed by atoms with Gasteiger partial charge in [-0.25, -0.2) is 4.79 Å². The summed E-state index contributed by atoms with van der Waals surface area (Å²) in [5.41, 5.74) is 0.890. The fourth-order valence-electron chi connectivity index (χ4n) is 0.797. The molecule has 0 aromatic rings. The second-order valence-electron chi connectivity index (χ2n) is 2.96. The quantitative estimate of drug-likeness (QED) is 0.551. The maximum atomic E-state index is 11.0. The first-order valence-corrected chi connectivity index (χ1v) is 5.82. The van der Waals surface area contributed by atoms with E-state index in [0.717, 1.165) is 18.5 Å². The van der Waals surface area contributed by atoms with Gasteiger partial charge in [0, 0.05) is 0 Å². The molecule has 0 spiro atoms. The van der Waals surface area contributed by atoms with E-state index in [9.17, 15) is 4.79 Å². The number of amides is 1. The fraction of sp³-hybridized carbons (Fsp3) is 0.615. The SMILES string of the molecule is C=C(CCNC)COC(=O)NCC#CC.CC. The molecule has 0 fully saturated rings. The molecule has 0 aromatic heterocycles. The van der Waals surface area contributed by atoms with Crippen molar-refractivity contribution in [1.29, 1.82) is 0 Å². The van der Waals surface area contributed by atoms with Gasteiger partial charge in [-0.2, -0.15) is 0 Å². The van der Waals surface area contributed by atoms with Crippen LogP contribution in [0.5, 0.6) is 0 Å². The lowest BCUT2D eigenvalue weighted by Gasteiger charge is -2.07. The van der Waals surface area contributed by atoms with Crippen LogP contribution in [0.2, 0.25) is 0 Å². The van der Waals surface area contributed by atoms with Crippen molar-refractivity contribution < 1.29 is 9.53 Å². The van der Waals surface area contributed by atoms with Crippen LogP contribution in [-0.2, 0) is 4.74 Å². The number of alkyl carbamates (subject to hydrolysis) is 1. The summed E-state index contributed by atoms with van der Waals surface area (Å²) in [5.74, 6) is 5.38. The fourth-order valence-corrected chi connectivity index (χ4v) is 0.797. The highest BCUT2D eigenvalue weighted by molar-refractivity contribution is 5.67. The van der Waals surface area contributed by atoms with Gasteiger partial charge in [0.25, 0.3) is 0 Å². The molecule has 0 aliphatic rings. The Morgan fingerprint density at radius 2 is 2.06 bits per heavy atom. The van der Waals surface area contributed by atoms with Crippen LogP contribution >= 0.6 is 0 Å². The Balaban J connectivity index is 0. The normalized spacial score (nSPS) is 8.00. The highest BCUT2D eigenvalue weighted by Crippen LogP contribution is 1.96. The summed E-state index contributed by atoms with van der Waals surface area (Å²) < 4.78 is 4.90. The van der Waals surface area contributed by atoms with E-state index in [1.165, 1.54) is 0 Å². The topological polar surface area (TPSA) is 50.4 Å². The van der Waals surface area contributed by atoms with Gasteiger partial charge in [-0.05, 0) is 32.5 Å². The van der Waals surface area contributed by atoms with Crippen LogP contribution < -0.4 is 10.6 Å². The summed E-state index contributed by atoms with van der Waals surface area (Å²) in [6.45, 7) is 10.9. The molecule has 0 rings (SSSR count). The zero-order valence-corrected chi connectivity index (χ0v) is 11.4. The molecule has 2 N–H and O–H groups in total. The van der Waals surface area contributed by atoms with E-state index in [4.69, 9.17) is 4.74 Å². The van der Waals surface area contributed by atoms with Gasteiger partial charge in [-0.3, -0.25) is 0 Å². The van der Waals surface area contributed by atoms with E-state index in [-0.39, 0.29) is 6.61 Å². The molecule has 0 radical (unpaired) electrons. The van der Waals surface area contributed by atoms with Gasteiger partial charge in [0.2, 0.25) is 0 Å². The van der Waals surface area contributed by atoms with Gasteiger partial charge in [-0.15, -0.1) is 5.92 Å². The van der Waals surface area contributed by atoms with Crippen LogP contribution in [0.15, 0.2) is 12.2 Å². The van der Waals surface area contributed by atoms with Crippen LogP contribution in [0.25, 0.3) is 0 Å². The molecule has 0 aliphatic carbocycles. The molecule has 4 nitrogen and oxygen atoms in total. The summed E-state index contributed by atoms with van der Waals surface area (Å²) in [6, 6.07) is 0. The van der Waals surface area contributed by atoms with Crippen molar-refractivity contribution in [3.8, 4) is 11.8 Å². The number of nitrogens with one attached hydrogen (secondary N) is 2. The molecule has 0 unspecified atom stereocenters. The first-order valence-electron chi connectivity index (χ1n) is 5.82. The van der Waals surface area contributed by atoms with Gasteiger partial charge in [-0.1, -0.05) is 26.3 Å². The predicted molar refractivity (Wildman–Crippen MR) is 71.8 cm³/mol. The molecule has 1 amide bonds. The third-order valence-corrected chi connectivity index (χ3v) is 1.63. The van der Waals surface area contributed by atoms with Gasteiger partial charge < -0.3 is 15.4 Å². The maximum Gasteiger partial charge on any atom is 0.408 e. The summed E-state index contributed by atoms with van der Waals surface area (Å²) >= 11 is 0. The number of ether oxygens (including phenoxy) is 1. The molecule has 98 valence electrons. The van der Waals surface area contributed by atoms with Crippen LogP contribution in [0.3, 0.4) is 0 Å². The molecular weight excluding hydrogens is 216 g/mol. The molecule has 4 heteroatoms. The standard InChI is InChI=1S/C11H18N2O2.C2H6/c1-4-5-7-13-11(14)15-9-10(2)6-8-12-3;1-2/h12H,2,6-9H2,1,3H3,(H,13,14);1-2H3. The Morgan fingerprint density at radius 1 is 1.41 bits per heavy atom. The molecule has 0 bridgehead atoms. The van der Waals surface area contributed by atoms with E-state index in [0.29, 0.717) is 6.54 Å². The van der Waals surface area contributed by atoms with E-state index >= 15 is 0 Å². The molecule has 17 heavy (non-hydrogen) atoms. The second kappa shape index (κ2) is 14.5. The molecule has 0 atom stereocenters. The summed E-state index contributed by atoms with van der Waals surface area (Å²) in [7, 11) is 1.87. The number of rotatable bonds is 6. The molecule has 0 saturated heterocycles. The Morgan fingerprint density at radius 3 is 2.59 bits per heavy atom. The average Bonchev–Trinajstić information content (AvgIpc) is 2.36. The highest BCUT2D eigenvalue weighted by atomic mass is 16.5. The van der Waals surface area contributed by atoms with Crippen molar-refractivity contribution in [2.24, 2.45) is 0 Å². The van der Waals surface area contributed by atoms with Gasteiger partial charge >= 0.3 is 6.09 Å². The number of carbonyl (C=O) groups excluding carboxylic acids is 1. The number of carbonyl (C=O) groups is 1. The Bertz CT molecular complexity index is 264. The highest BCUT2D eigenvalue weighted by Gasteiger charge is 2.01. The Labute approximate surface area is 105 Å². The average molecular weight is 240 g/mol. The van der Waals surface area contributed by atoms with Crippen molar-refractivity contribution >= 4 is 6.09 Å². The van der Waals surface area contributed by atoms with Crippen molar-refractivity contribution in [1.82, 2.24) is 10.6 Å². The third kappa shape index (κ3) is 14.5. The Hall–Kier alpha value is -1.47. The summed E-state index contributed by atoms with van der Waals surface area (Å²) in [5, 5.41) is 5.50. The smallest absolute Gasteiger partial charge is 0.408 e. The zero-order valence-electron chi connectivity index (χ0n) is 11.4. The van der Waals surface area contributed by atoms with Crippen LogP contribution in [-0.4, -0.2) is 32.8 Å². The van der Waals surface area contributed by atoms with Crippen LogP contribution in [0.1, 0.15) is 27.2 Å². The van der Waals surface area contributed by atoms with Gasteiger partial charge in [0.15, 0.2) is 0 Å². The maximum absolute atomic E-state index is 11.0. The minimum atomic E-state index is -0.455. The largest absolute Gasteiger partial charge is 0.445 e. The Kier molecular flexibility index (Phi) is 15.3. The zero-order chi connectivity index (χ0) is 13.5. The number of hydrogen-bond acceptors (Lipinski definition) is 3. The van der Waals surface area contributed by atoms with Gasteiger partial charge in [0.1, 0.15) is 6.61 Å². The lowest BCUT2D eigenvalue weighted by atomic mass is 10.2. The van der Waals surface area contributed by atoms with Crippen molar-refractivity contribution in [2.45, 2.75) is 27.2 Å². The van der Waals surface area contributed by atoms with E-state index in [2.05, 4.69) is 29.1 Å². The summed E-state index contributed by atoms with van der Waals surface area (Å²) in [6.07, 6.45) is 0.349. The van der Waals surface area contributed by atoms with E-state index in [1.807, 2.05) is 20.9 Å². The number of hydrogen-bond donors (Lipinski definition) is 2. The van der Waals surface area contributed by atoms with E-state index in [1.54, 1.807) is 6.92 Å². The summed E-state index contributed by atoms with van der Waals surface area (Å²) in [4.78, 5) is 11.0. The molecule has 0 aliphatic heterocycles. The van der Waals surface area contributed by atoms with Crippen molar-refractivity contribution in [2.75, 3.05) is 26.7 Å². The molecule has 0 heterocycles. The van der Waals surface area contributed by atoms with Crippen LogP contribution in [0, 0.1) is 11.8 Å². The first-order chi connectivity index (χ1) is 8.20. The lowest BCUT2D eigenvalue weighted by molar-refractivity contribution is 0.156. The molecule has 0 saturated carbocycles. The lowest BCUT2D eigenvalue weighted by Crippen LogP contribution is -2.25. The first kappa shape index (κ1) is 17.9. The monoisotopic (exact) mass is 240 g/mol. The van der Waals surface area contributed by atoms with E-state index < -0.39 is 6.09 Å². The van der Waals surface area contributed by atoms with Crippen molar-refractivity contribution in [3.63, 3.8) is 0 Å². The predicted octanol–water partition coefficient (Wildman–Crippen LogP) is 1.93. The van der Waals surface area contributed by atoms with Crippen LogP contribution in [0.4, 0.5) is 4.79 Å². The third-order valence-electron chi connectivity index (χ3n) is 1.63. The second-order valence-corrected chi connectivity index (χ2v) is 2.96. The molecular formula is C13H24N2O2.